The van der Waals surface area contributed by atoms with Crippen LogP contribution in [0.25, 0.3) is 11.0 Å². The highest BCUT2D eigenvalue weighted by atomic mass is 16.5. The van der Waals surface area contributed by atoms with Gasteiger partial charge in [-0.3, -0.25) is 19.9 Å². The van der Waals surface area contributed by atoms with Gasteiger partial charge in [0.1, 0.15) is 11.3 Å². The second-order valence-corrected chi connectivity index (χ2v) is 7.68. The first-order valence-corrected chi connectivity index (χ1v) is 10.1. The van der Waals surface area contributed by atoms with E-state index in [-0.39, 0.29) is 0 Å². The number of benzene rings is 1. The lowest BCUT2D eigenvalue weighted by Crippen LogP contribution is -2.35. The Balaban J connectivity index is 1.65. The fraction of sp³-hybridized carbons (Fsp3) is 0.391. The third-order valence-electron chi connectivity index (χ3n) is 5.69. The molecule has 0 bridgehead atoms. The summed E-state index contributed by atoms with van der Waals surface area (Å²) >= 11 is 0. The molecule has 1 saturated heterocycles. The maximum Gasteiger partial charge on any atom is 0.130 e. The van der Waals surface area contributed by atoms with Crippen molar-refractivity contribution in [2.75, 3.05) is 33.4 Å². The minimum atomic E-state index is 0.449. The summed E-state index contributed by atoms with van der Waals surface area (Å²) in [7, 11) is 1.77. The van der Waals surface area contributed by atoms with Gasteiger partial charge in [0.15, 0.2) is 0 Å². The van der Waals surface area contributed by atoms with Gasteiger partial charge < -0.3 is 9.30 Å². The second kappa shape index (κ2) is 8.35. The molecule has 1 fully saturated rings. The molecule has 1 N–H and O–H groups in total. The van der Waals surface area contributed by atoms with Gasteiger partial charge in [-0.25, -0.2) is 0 Å². The predicted molar refractivity (Wildman–Crippen MR) is 117 cm³/mol. The highest BCUT2D eigenvalue weighted by Crippen LogP contribution is 2.21. The van der Waals surface area contributed by atoms with E-state index in [2.05, 4.69) is 51.7 Å². The van der Waals surface area contributed by atoms with Crippen molar-refractivity contribution >= 4 is 16.9 Å². The van der Waals surface area contributed by atoms with Crippen molar-refractivity contribution in [2.24, 2.45) is 4.99 Å². The Bertz CT molecular complexity index is 1100. The molecule has 0 spiro atoms. The third kappa shape index (κ3) is 4.04. The van der Waals surface area contributed by atoms with E-state index in [1.54, 1.807) is 7.05 Å². The molecule has 3 aromatic rings. The zero-order chi connectivity index (χ0) is 20.4. The summed E-state index contributed by atoms with van der Waals surface area (Å²) in [6, 6.07) is 14.9. The van der Waals surface area contributed by atoms with Crippen LogP contribution in [0, 0.1) is 12.3 Å². The normalized spacial score (nSPS) is 15.9. The topological polar surface area (TPSA) is 58.5 Å². The second-order valence-electron chi connectivity index (χ2n) is 7.68. The van der Waals surface area contributed by atoms with Crippen molar-refractivity contribution in [2.45, 2.75) is 26.9 Å². The van der Waals surface area contributed by atoms with Crippen LogP contribution in [0.4, 0.5) is 0 Å². The van der Waals surface area contributed by atoms with Gasteiger partial charge in [0, 0.05) is 38.9 Å². The lowest BCUT2D eigenvalue weighted by Gasteiger charge is -2.26. The van der Waals surface area contributed by atoms with E-state index < -0.39 is 0 Å². The third-order valence-corrected chi connectivity index (χ3v) is 5.69. The quantitative estimate of drug-likeness (QED) is 0.549. The van der Waals surface area contributed by atoms with Crippen LogP contribution in [0.3, 0.4) is 0 Å². The summed E-state index contributed by atoms with van der Waals surface area (Å²) in [6.07, 6.45) is 0. The first-order chi connectivity index (χ1) is 14.1. The number of fused-ring (bicyclic) bond motifs is 1. The molecular weight excluding hydrogens is 362 g/mol. The molecule has 0 unspecified atom stereocenters. The van der Waals surface area contributed by atoms with Crippen molar-refractivity contribution in [1.29, 1.82) is 5.41 Å². The minimum absolute atomic E-state index is 0.449. The molecule has 0 radical (unpaired) electrons. The first-order valence-electron chi connectivity index (χ1n) is 10.1. The van der Waals surface area contributed by atoms with Crippen LogP contribution in [0.15, 0.2) is 47.5 Å². The number of hydrogen-bond acceptors (Lipinski definition) is 4. The standard InChI is InChI=1S/C23H29N5O/c1-17-13-22-21(7-8-23(24)28(22)18(2)25-3)27(17)16-20-6-4-5-19(14-20)15-26-9-11-29-12-10-26/h4-8,13-14,24H,9-12,15-16H2,1-3H3. The number of hydrogen-bond donors (Lipinski definition) is 1. The van der Waals surface area contributed by atoms with Gasteiger partial charge in [-0.05, 0) is 43.2 Å². The molecule has 1 aliphatic rings. The molecular formula is C23H29N5O. The Hall–Kier alpha value is -2.70. The van der Waals surface area contributed by atoms with E-state index in [0.717, 1.165) is 56.3 Å². The maximum atomic E-state index is 8.30. The molecule has 29 heavy (non-hydrogen) atoms. The highest BCUT2D eigenvalue weighted by Gasteiger charge is 2.13. The van der Waals surface area contributed by atoms with Crippen LogP contribution in [0.5, 0.6) is 0 Å². The number of ether oxygens (including phenoxy) is 1. The van der Waals surface area contributed by atoms with Gasteiger partial charge in [0.05, 0.1) is 24.2 Å². The average molecular weight is 392 g/mol. The number of nitrogens with one attached hydrogen (secondary N) is 1. The van der Waals surface area contributed by atoms with E-state index in [0.29, 0.717) is 5.49 Å². The van der Waals surface area contributed by atoms with Gasteiger partial charge >= 0.3 is 0 Å². The SMILES string of the molecule is CN=C(C)n1c(=N)ccc2c1cc(C)n2Cc1cccc(CN2CCOCC2)c1. The molecule has 6 heteroatoms. The monoisotopic (exact) mass is 391 g/mol. The number of rotatable bonds is 4. The van der Waals surface area contributed by atoms with Gasteiger partial charge in [-0.15, -0.1) is 0 Å². The van der Waals surface area contributed by atoms with Crippen LogP contribution >= 0.6 is 0 Å². The molecule has 2 aromatic heterocycles. The maximum absolute atomic E-state index is 8.30. The zero-order valence-corrected chi connectivity index (χ0v) is 17.5. The molecule has 0 aliphatic carbocycles. The molecule has 0 atom stereocenters. The van der Waals surface area contributed by atoms with Crippen LogP contribution in [-0.4, -0.2) is 53.2 Å². The van der Waals surface area contributed by atoms with Gasteiger partial charge in [-0.1, -0.05) is 24.3 Å². The molecule has 6 nitrogen and oxygen atoms in total. The lowest BCUT2D eigenvalue weighted by atomic mass is 10.1. The summed E-state index contributed by atoms with van der Waals surface area (Å²) in [4.78, 5) is 6.75. The predicted octanol–water partition coefficient (Wildman–Crippen LogP) is 3.01. The number of aromatic nitrogens is 2. The fourth-order valence-corrected chi connectivity index (χ4v) is 4.08. The summed E-state index contributed by atoms with van der Waals surface area (Å²) in [5.41, 5.74) is 6.42. The van der Waals surface area contributed by atoms with E-state index >= 15 is 0 Å². The van der Waals surface area contributed by atoms with Crippen LogP contribution < -0.4 is 5.49 Å². The zero-order valence-electron chi connectivity index (χ0n) is 17.5. The Morgan fingerprint density at radius 3 is 2.48 bits per heavy atom. The summed E-state index contributed by atoms with van der Waals surface area (Å²) < 4.78 is 9.69. The number of aliphatic imine (C=N–C) groups is 1. The Morgan fingerprint density at radius 1 is 1.03 bits per heavy atom. The van der Waals surface area contributed by atoms with E-state index in [4.69, 9.17) is 10.1 Å². The minimum Gasteiger partial charge on any atom is -0.379 e. The van der Waals surface area contributed by atoms with Gasteiger partial charge in [-0.2, -0.15) is 0 Å². The number of aryl methyl sites for hydroxylation is 1. The molecule has 152 valence electrons. The largest absolute Gasteiger partial charge is 0.379 e. The van der Waals surface area contributed by atoms with Crippen LogP contribution in [0.2, 0.25) is 0 Å². The first kappa shape index (κ1) is 19.6. The summed E-state index contributed by atoms with van der Waals surface area (Å²) in [6.45, 7) is 9.50. The molecule has 4 rings (SSSR count). The highest BCUT2D eigenvalue weighted by molar-refractivity contribution is 5.92. The van der Waals surface area contributed by atoms with Gasteiger partial charge in [0.25, 0.3) is 0 Å². The molecule has 0 saturated carbocycles. The number of morpholine rings is 1. The molecule has 0 amide bonds. The number of nitrogens with zero attached hydrogens (tertiary/aromatic N) is 4. The van der Waals surface area contributed by atoms with E-state index in [1.165, 1.54) is 16.8 Å². The fourth-order valence-electron chi connectivity index (χ4n) is 4.08. The molecule has 1 aromatic carbocycles. The van der Waals surface area contributed by atoms with Crippen molar-refractivity contribution in [3.05, 3.63) is 64.8 Å². The lowest BCUT2D eigenvalue weighted by molar-refractivity contribution is 0.0342. The Morgan fingerprint density at radius 2 is 1.76 bits per heavy atom. The van der Waals surface area contributed by atoms with Crippen molar-refractivity contribution < 1.29 is 4.74 Å². The summed E-state index contributed by atoms with van der Waals surface area (Å²) in [5.74, 6) is 0.824. The van der Waals surface area contributed by atoms with E-state index in [1.807, 2.05) is 23.6 Å². The Kier molecular flexibility index (Phi) is 5.65. The van der Waals surface area contributed by atoms with Crippen molar-refractivity contribution in [3.8, 4) is 0 Å². The van der Waals surface area contributed by atoms with Crippen LogP contribution in [-0.2, 0) is 17.8 Å². The Labute approximate surface area is 171 Å². The van der Waals surface area contributed by atoms with Crippen molar-refractivity contribution in [3.63, 3.8) is 0 Å². The smallest absolute Gasteiger partial charge is 0.130 e. The number of pyridine rings is 1. The summed E-state index contributed by atoms with van der Waals surface area (Å²) in [5, 5.41) is 8.30. The molecule has 1 aliphatic heterocycles. The van der Waals surface area contributed by atoms with Crippen LogP contribution in [0.1, 0.15) is 23.7 Å². The van der Waals surface area contributed by atoms with Crippen molar-refractivity contribution in [1.82, 2.24) is 14.0 Å². The van der Waals surface area contributed by atoms with Gasteiger partial charge in [0.2, 0.25) is 0 Å². The molecule has 3 heterocycles. The average Bonchev–Trinajstić information content (AvgIpc) is 3.03. The van der Waals surface area contributed by atoms with E-state index in [9.17, 15) is 0 Å².